The second-order valence-corrected chi connectivity index (χ2v) is 2.14. The molecule has 0 aromatic rings. The molecule has 0 aliphatic carbocycles. The van der Waals surface area contributed by atoms with Crippen LogP contribution in [0.25, 0.3) is 0 Å². The summed E-state index contributed by atoms with van der Waals surface area (Å²) in [6.07, 6.45) is 0.494. The lowest BCUT2D eigenvalue weighted by Gasteiger charge is -2.06. The molecule has 0 aliphatic heterocycles. The Morgan fingerprint density at radius 1 is 1.78 bits per heavy atom. The van der Waals surface area contributed by atoms with Gasteiger partial charge in [0.15, 0.2) is 5.78 Å². The Morgan fingerprint density at radius 3 is 2.33 bits per heavy atom. The van der Waals surface area contributed by atoms with E-state index in [1.165, 1.54) is 0 Å². The van der Waals surface area contributed by atoms with E-state index in [0.717, 1.165) is 5.57 Å². The Kier molecular flexibility index (Phi) is 3.17. The summed E-state index contributed by atoms with van der Waals surface area (Å²) < 4.78 is 0. The summed E-state index contributed by atoms with van der Waals surface area (Å²) >= 11 is 0. The van der Waals surface area contributed by atoms with Crippen LogP contribution in [0.5, 0.6) is 0 Å². The van der Waals surface area contributed by atoms with Crippen LogP contribution in [0.2, 0.25) is 0 Å². The average Bonchev–Trinajstić information content (AvgIpc) is 1.84. The first kappa shape index (κ1) is 8.37. The second kappa shape index (κ2) is 3.41. The Morgan fingerprint density at radius 2 is 2.22 bits per heavy atom. The number of carbonyl (C=O) groups excluding carboxylic acids is 1. The number of hydrogen-bond donors (Lipinski definition) is 1. The van der Waals surface area contributed by atoms with E-state index < -0.39 is 6.04 Å². The van der Waals surface area contributed by atoms with E-state index in [0.29, 0.717) is 6.42 Å². The van der Waals surface area contributed by atoms with Gasteiger partial charge in [-0.1, -0.05) is 19.1 Å². The highest BCUT2D eigenvalue weighted by atomic mass is 16.1. The highest BCUT2D eigenvalue weighted by Gasteiger charge is 2.09. The van der Waals surface area contributed by atoms with E-state index in [1.54, 1.807) is 13.8 Å². The Hall–Kier alpha value is -0.630. The maximum absolute atomic E-state index is 10.8. The van der Waals surface area contributed by atoms with Gasteiger partial charge in [0, 0.05) is 6.42 Å². The van der Waals surface area contributed by atoms with Gasteiger partial charge in [-0.05, 0) is 6.92 Å². The summed E-state index contributed by atoms with van der Waals surface area (Å²) in [5.41, 5.74) is 6.16. The van der Waals surface area contributed by atoms with Gasteiger partial charge in [-0.3, -0.25) is 4.79 Å². The lowest BCUT2D eigenvalue weighted by molar-refractivity contribution is -0.119. The van der Waals surface area contributed by atoms with Crippen LogP contribution in [0, 0.1) is 0 Å². The molecule has 0 heterocycles. The van der Waals surface area contributed by atoms with Crippen LogP contribution in [0.15, 0.2) is 12.2 Å². The molecule has 9 heavy (non-hydrogen) atoms. The molecule has 1 atom stereocenters. The molecule has 0 saturated heterocycles. The molecule has 0 radical (unpaired) electrons. The quantitative estimate of drug-likeness (QED) is 0.571. The molecule has 0 fully saturated rings. The van der Waals surface area contributed by atoms with Gasteiger partial charge in [-0.2, -0.15) is 0 Å². The van der Waals surface area contributed by atoms with Gasteiger partial charge in [0.05, 0.1) is 6.04 Å². The molecule has 0 aromatic heterocycles. The third-order valence-electron chi connectivity index (χ3n) is 1.23. The predicted molar refractivity (Wildman–Crippen MR) is 38.1 cm³/mol. The fraction of sp³-hybridized carbons (Fsp3) is 0.571. The molecule has 0 saturated carbocycles. The number of carbonyl (C=O) groups is 1. The molecule has 0 aliphatic rings. The van der Waals surface area contributed by atoms with Crippen molar-refractivity contribution in [1.29, 1.82) is 0 Å². The molecule has 0 unspecified atom stereocenters. The van der Waals surface area contributed by atoms with Crippen LogP contribution in [0.3, 0.4) is 0 Å². The van der Waals surface area contributed by atoms with Crippen molar-refractivity contribution in [2.75, 3.05) is 0 Å². The van der Waals surface area contributed by atoms with Gasteiger partial charge in [0.2, 0.25) is 0 Å². The average molecular weight is 127 g/mol. The van der Waals surface area contributed by atoms with Crippen LogP contribution in [0.1, 0.15) is 20.3 Å². The summed E-state index contributed by atoms with van der Waals surface area (Å²) in [6.45, 7) is 7.14. The minimum atomic E-state index is -0.449. The number of hydrogen-bond acceptors (Lipinski definition) is 2. The van der Waals surface area contributed by atoms with Gasteiger partial charge >= 0.3 is 0 Å². The zero-order chi connectivity index (χ0) is 7.44. The van der Waals surface area contributed by atoms with Crippen LogP contribution in [-0.4, -0.2) is 11.8 Å². The van der Waals surface area contributed by atoms with E-state index in [2.05, 4.69) is 6.58 Å². The van der Waals surface area contributed by atoms with Crippen molar-refractivity contribution in [3.05, 3.63) is 12.2 Å². The van der Waals surface area contributed by atoms with Crippen molar-refractivity contribution in [3.8, 4) is 0 Å². The number of ketones is 1. The Bertz CT molecular complexity index is 129. The highest BCUT2D eigenvalue weighted by Crippen LogP contribution is 1.97. The molecule has 0 aromatic carbocycles. The number of rotatable bonds is 3. The fourth-order valence-electron chi connectivity index (χ4n) is 0.495. The van der Waals surface area contributed by atoms with Gasteiger partial charge in [0.25, 0.3) is 0 Å². The molecule has 0 amide bonds. The minimum absolute atomic E-state index is 0.0579. The zero-order valence-corrected chi connectivity index (χ0v) is 5.98. The molecule has 0 spiro atoms. The van der Waals surface area contributed by atoms with E-state index in [1.807, 2.05) is 0 Å². The third-order valence-corrected chi connectivity index (χ3v) is 1.23. The number of Topliss-reactive ketones (excluding diaryl/α,β-unsaturated/α-hetero) is 1. The van der Waals surface area contributed by atoms with E-state index in [4.69, 9.17) is 5.73 Å². The zero-order valence-electron chi connectivity index (χ0n) is 5.98. The van der Waals surface area contributed by atoms with Crippen molar-refractivity contribution in [3.63, 3.8) is 0 Å². The summed E-state index contributed by atoms with van der Waals surface area (Å²) in [5.74, 6) is 0.0579. The summed E-state index contributed by atoms with van der Waals surface area (Å²) in [4.78, 5) is 10.8. The fourth-order valence-corrected chi connectivity index (χ4v) is 0.495. The summed E-state index contributed by atoms with van der Waals surface area (Å²) in [7, 11) is 0. The lowest BCUT2D eigenvalue weighted by atomic mass is 10.1. The third kappa shape index (κ3) is 2.42. The van der Waals surface area contributed by atoms with Crippen molar-refractivity contribution in [2.24, 2.45) is 5.73 Å². The smallest absolute Gasteiger partial charge is 0.153 e. The largest absolute Gasteiger partial charge is 0.318 e. The van der Waals surface area contributed by atoms with Gasteiger partial charge < -0.3 is 5.73 Å². The van der Waals surface area contributed by atoms with E-state index in [-0.39, 0.29) is 5.78 Å². The van der Waals surface area contributed by atoms with Crippen LogP contribution >= 0.6 is 0 Å². The van der Waals surface area contributed by atoms with Crippen LogP contribution in [-0.2, 0) is 4.79 Å². The summed E-state index contributed by atoms with van der Waals surface area (Å²) in [5, 5.41) is 0. The second-order valence-electron chi connectivity index (χ2n) is 2.14. The lowest BCUT2D eigenvalue weighted by Crippen LogP contribution is -2.30. The maximum Gasteiger partial charge on any atom is 0.153 e. The first-order valence-electron chi connectivity index (χ1n) is 3.03. The predicted octanol–water partition coefficient (Wildman–Crippen LogP) is 0.869. The Labute approximate surface area is 55.7 Å². The molecule has 52 valence electrons. The topological polar surface area (TPSA) is 43.1 Å². The Balaban J connectivity index is 3.88. The van der Waals surface area contributed by atoms with Crippen LogP contribution in [0.4, 0.5) is 0 Å². The van der Waals surface area contributed by atoms with E-state index in [9.17, 15) is 4.79 Å². The van der Waals surface area contributed by atoms with Gasteiger partial charge in [-0.15, -0.1) is 0 Å². The first-order valence-corrected chi connectivity index (χ1v) is 3.03. The van der Waals surface area contributed by atoms with Crippen molar-refractivity contribution in [1.82, 2.24) is 0 Å². The van der Waals surface area contributed by atoms with Crippen molar-refractivity contribution >= 4 is 5.78 Å². The number of nitrogens with two attached hydrogens (primary N) is 1. The molecule has 2 heteroatoms. The highest BCUT2D eigenvalue weighted by molar-refractivity contribution is 5.86. The van der Waals surface area contributed by atoms with Crippen LogP contribution < -0.4 is 5.73 Å². The summed E-state index contributed by atoms with van der Waals surface area (Å²) in [6, 6.07) is -0.449. The molecule has 0 bridgehead atoms. The maximum atomic E-state index is 10.8. The molecule has 2 nitrogen and oxygen atoms in total. The first-order chi connectivity index (χ1) is 4.09. The molecular formula is C7H13NO. The van der Waals surface area contributed by atoms with Gasteiger partial charge in [-0.25, -0.2) is 0 Å². The molecule has 2 N–H and O–H groups in total. The SMILES string of the molecule is C=C(C)[C@@H](N)C(=O)CC. The minimum Gasteiger partial charge on any atom is -0.318 e. The van der Waals surface area contributed by atoms with E-state index >= 15 is 0 Å². The molecule has 0 rings (SSSR count). The van der Waals surface area contributed by atoms with Crippen molar-refractivity contribution in [2.45, 2.75) is 26.3 Å². The monoisotopic (exact) mass is 127 g/mol. The normalized spacial score (nSPS) is 12.8. The van der Waals surface area contributed by atoms with Gasteiger partial charge in [0.1, 0.15) is 0 Å². The molecular weight excluding hydrogens is 114 g/mol. The standard InChI is InChI=1S/C7H13NO/c1-4-6(9)7(8)5(2)3/h7H,2,4,8H2,1,3H3/t7-/m1/s1. The van der Waals surface area contributed by atoms with Crippen molar-refractivity contribution < 1.29 is 4.79 Å².